The third-order valence-electron chi connectivity index (χ3n) is 4.64. The van der Waals surface area contributed by atoms with Crippen LogP contribution < -0.4 is 11.1 Å². The topological polar surface area (TPSA) is 96.7 Å². The first kappa shape index (κ1) is 16.3. The maximum absolute atomic E-state index is 12.9. The van der Waals surface area contributed by atoms with E-state index >= 15 is 0 Å². The Labute approximate surface area is 151 Å². The summed E-state index contributed by atoms with van der Waals surface area (Å²) >= 11 is 0. The number of rotatable bonds is 3. The Hall–Kier alpha value is -3.15. The summed E-state index contributed by atoms with van der Waals surface area (Å²) in [6.07, 6.45) is 2.76. The van der Waals surface area contributed by atoms with E-state index in [1.165, 1.54) is 6.33 Å². The van der Waals surface area contributed by atoms with Crippen molar-refractivity contribution < 1.29 is 4.79 Å². The number of nitrogens with zero attached hydrogens (tertiary/aromatic N) is 2. The van der Waals surface area contributed by atoms with Crippen LogP contribution in [0.3, 0.4) is 0 Å². The van der Waals surface area contributed by atoms with Gasteiger partial charge in [0.25, 0.3) is 0 Å². The molecule has 0 unspecified atom stereocenters. The molecule has 0 saturated heterocycles. The second kappa shape index (κ2) is 5.98. The molecule has 3 aromatic rings. The molecule has 0 fully saturated rings. The van der Waals surface area contributed by atoms with E-state index in [-0.39, 0.29) is 11.2 Å². The first-order chi connectivity index (χ1) is 12.4. The number of anilines is 3. The number of hydrogen-bond donors (Lipinski definition) is 3. The fraction of sp³-hybridized carbons (Fsp3) is 0.250. The maximum Gasteiger partial charge on any atom is 0.167 e. The highest BCUT2D eigenvalue weighted by atomic mass is 16.1. The first-order valence-corrected chi connectivity index (χ1v) is 8.61. The Morgan fingerprint density at radius 2 is 1.92 bits per heavy atom. The zero-order valence-corrected chi connectivity index (χ0v) is 14.8. The number of nitrogens with one attached hydrogen (secondary N) is 2. The van der Waals surface area contributed by atoms with Gasteiger partial charge in [0, 0.05) is 23.9 Å². The van der Waals surface area contributed by atoms with Gasteiger partial charge >= 0.3 is 0 Å². The number of para-hydroxylation sites is 1. The smallest absolute Gasteiger partial charge is 0.167 e. The molecule has 4 rings (SSSR count). The Kier molecular flexibility index (Phi) is 3.76. The van der Waals surface area contributed by atoms with E-state index < -0.39 is 0 Å². The number of aromatic nitrogens is 3. The summed E-state index contributed by atoms with van der Waals surface area (Å²) < 4.78 is 0. The lowest BCUT2D eigenvalue weighted by Gasteiger charge is -2.28. The number of carbonyl (C=O) groups excluding carboxylic acids is 1. The van der Waals surface area contributed by atoms with Crippen molar-refractivity contribution in [3.8, 4) is 11.4 Å². The molecule has 0 radical (unpaired) electrons. The molecule has 0 amide bonds. The third-order valence-corrected chi connectivity index (χ3v) is 4.64. The Balaban J connectivity index is 1.89. The van der Waals surface area contributed by atoms with Crippen LogP contribution in [0.15, 0.2) is 42.7 Å². The summed E-state index contributed by atoms with van der Waals surface area (Å²) in [5.41, 5.74) is 10.5. The molecule has 0 spiro atoms. The molecule has 0 saturated carbocycles. The van der Waals surface area contributed by atoms with Gasteiger partial charge in [-0.25, -0.2) is 9.97 Å². The quantitative estimate of drug-likeness (QED) is 0.666. The van der Waals surface area contributed by atoms with Gasteiger partial charge < -0.3 is 16.0 Å². The number of nitrogens with two attached hydrogens (primary N) is 1. The predicted octanol–water partition coefficient (Wildman–Crippen LogP) is 3.95. The van der Waals surface area contributed by atoms with Crippen LogP contribution in [0.1, 0.15) is 36.3 Å². The van der Waals surface area contributed by atoms with E-state index in [4.69, 9.17) is 5.73 Å². The monoisotopic (exact) mass is 347 g/mol. The lowest BCUT2D eigenvalue weighted by molar-refractivity contribution is 0.0912. The molecule has 26 heavy (non-hydrogen) atoms. The van der Waals surface area contributed by atoms with Crippen LogP contribution in [0, 0.1) is 5.41 Å². The van der Waals surface area contributed by atoms with Crippen LogP contribution in [0.2, 0.25) is 0 Å². The molecule has 132 valence electrons. The molecular weight excluding hydrogens is 326 g/mol. The molecule has 4 N–H and O–H groups in total. The number of H-pyrrole nitrogens is 1. The summed E-state index contributed by atoms with van der Waals surface area (Å²) in [5.74, 6) is 0.527. The van der Waals surface area contributed by atoms with E-state index in [1.54, 1.807) is 6.07 Å². The van der Waals surface area contributed by atoms with Crippen molar-refractivity contribution in [1.29, 1.82) is 0 Å². The van der Waals surface area contributed by atoms with Crippen molar-refractivity contribution in [3.63, 3.8) is 0 Å². The van der Waals surface area contributed by atoms with Crippen molar-refractivity contribution in [1.82, 2.24) is 15.0 Å². The highest BCUT2D eigenvalue weighted by Gasteiger charge is 2.36. The minimum absolute atomic E-state index is 0.0685. The zero-order valence-electron chi connectivity index (χ0n) is 14.8. The molecule has 0 aliphatic heterocycles. The maximum atomic E-state index is 12.9. The van der Waals surface area contributed by atoms with Gasteiger partial charge in [-0.1, -0.05) is 32.0 Å². The fourth-order valence-electron chi connectivity index (χ4n) is 3.55. The standard InChI is InChI=1S/C20H21N5O/c1-20(2)9-14-17(15(26)10-20)19(24-12-6-4-3-5-7-12)18(25-14)13-8-16(21)23-11-22-13/h3-8,11,24-25H,9-10H2,1-2H3,(H2,21,22,23). The predicted molar refractivity (Wildman–Crippen MR) is 102 cm³/mol. The first-order valence-electron chi connectivity index (χ1n) is 8.61. The van der Waals surface area contributed by atoms with Gasteiger partial charge in [-0.2, -0.15) is 0 Å². The zero-order chi connectivity index (χ0) is 18.3. The number of hydrogen-bond acceptors (Lipinski definition) is 5. The van der Waals surface area contributed by atoms with Gasteiger partial charge in [-0.3, -0.25) is 4.79 Å². The Bertz CT molecular complexity index is 975. The summed E-state index contributed by atoms with van der Waals surface area (Å²) in [5, 5.41) is 3.40. The van der Waals surface area contributed by atoms with Crippen molar-refractivity contribution in [2.45, 2.75) is 26.7 Å². The number of benzene rings is 1. The molecule has 0 atom stereocenters. The molecule has 1 aliphatic rings. The van der Waals surface area contributed by atoms with Crippen molar-refractivity contribution in [2.24, 2.45) is 5.41 Å². The molecule has 1 aromatic carbocycles. The largest absolute Gasteiger partial charge is 0.384 e. The van der Waals surface area contributed by atoms with Gasteiger partial charge in [0.2, 0.25) is 0 Å². The Morgan fingerprint density at radius 3 is 2.65 bits per heavy atom. The summed E-state index contributed by atoms with van der Waals surface area (Å²) in [6.45, 7) is 4.22. The van der Waals surface area contributed by atoms with Crippen molar-refractivity contribution in [2.75, 3.05) is 11.1 Å². The van der Waals surface area contributed by atoms with Crippen molar-refractivity contribution >= 4 is 23.0 Å². The van der Waals surface area contributed by atoms with Gasteiger partial charge in [0.15, 0.2) is 5.78 Å². The van der Waals surface area contributed by atoms with Crippen LogP contribution >= 0.6 is 0 Å². The average Bonchev–Trinajstić information content (AvgIpc) is 2.93. The molecule has 2 heterocycles. The second-order valence-corrected chi connectivity index (χ2v) is 7.49. The highest BCUT2D eigenvalue weighted by Crippen LogP contribution is 2.42. The molecular formula is C20H21N5O. The average molecular weight is 347 g/mol. The minimum atomic E-state index is -0.0685. The van der Waals surface area contributed by atoms with E-state index in [0.29, 0.717) is 17.9 Å². The van der Waals surface area contributed by atoms with E-state index in [0.717, 1.165) is 34.7 Å². The molecule has 0 bridgehead atoms. The van der Waals surface area contributed by atoms with Crippen LogP contribution in [0.5, 0.6) is 0 Å². The van der Waals surface area contributed by atoms with Crippen molar-refractivity contribution in [3.05, 3.63) is 54.0 Å². The van der Waals surface area contributed by atoms with E-state index in [9.17, 15) is 4.79 Å². The van der Waals surface area contributed by atoms with E-state index in [1.807, 2.05) is 30.3 Å². The summed E-state index contributed by atoms with van der Waals surface area (Å²) in [7, 11) is 0. The minimum Gasteiger partial charge on any atom is -0.384 e. The molecule has 2 aromatic heterocycles. The third kappa shape index (κ3) is 2.94. The number of ketones is 1. The Morgan fingerprint density at radius 1 is 1.15 bits per heavy atom. The van der Waals surface area contributed by atoms with E-state index in [2.05, 4.69) is 34.1 Å². The second-order valence-electron chi connectivity index (χ2n) is 7.49. The highest BCUT2D eigenvalue weighted by molar-refractivity contribution is 6.07. The molecule has 6 nitrogen and oxygen atoms in total. The SMILES string of the molecule is CC1(C)CC(=O)c2c([nH]c(-c3cc(N)ncn3)c2Nc2ccccc2)C1. The van der Waals surface area contributed by atoms with Crippen LogP contribution in [0.4, 0.5) is 17.2 Å². The number of Topliss-reactive ketones (excluding diaryl/α,β-unsaturated/α-hetero) is 1. The number of nitrogen functional groups attached to an aromatic ring is 1. The number of carbonyl (C=O) groups is 1. The summed E-state index contributed by atoms with van der Waals surface area (Å²) in [4.78, 5) is 24.6. The fourth-order valence-corrected chi connectivity index (χ4v) is 3.55. The number of aromatic amines is 1. The van der Waals surface area contributed by atoms with Crippen LogP contribution in [-0.2, 0) is 6.42 Å². The normalized spacial score (nSPS) is 15.5. The van der Waals surface area contributed by atoms with Gasteiger partial charge in [-0.15, -0.1) is 0 Å². The van der Waals surface area contributed by atoms with Gasteiger partial charge in [0.1, 0.15) is 12.1 Å². The number of fused-ring (bicyclic) bond motifs is 1. The van der Waals surface area contributed by atoms with Crippen LogP contribution in [-0.4, -0.2) is 20.7 Å². The molecule has 1 aliphatic carbocycles. The van der Waals surface area contributed by atoms with Gasteiger partial charge in [0.05, 0.1) is 22.6 Å². The van der Waals surface area contributed by atoms with Crippen LogP contribution in [0.25, 0.3) is 11.4 Å². The van der Waals surface area contributed by atoms with Gasteiger partial charge in [-0.05, 0) is 24.0 Å². The summed E-state index contributed by atoms with van der Waals surface area (Å²) in [6, 6.07) is 11.5. The molecule has 6 heteroatoms. The lowest BCUT2D eigenvalue weighted by Crippen LogP contribution is -2.26. The lowest BCUT2D eigenvalue weighted by atomic mass is 9.76.